The number of benzene rings is 2. The van der Waals surface area contributed by atoms with Crippen molar-refractivity contribution in [1.82, 2.24) is 15.2 Å². The molecule has 0 radical (unpaired) electrons. The van der Waals surface area contributed by atoms with Crippen LogP contribution >= 0.6 is 11.6 Å². The first-order valence-electron chi connectivity index (χ1n) is 23.4. The lowest BCUT2D eigenvalue weighted by Gasteiger charge is -2.43. The van der Waals surface area contributed by atoms with E-state index in [1.54, 1.807) is 31.2 Å². The molecule has 2 aromatic carbocycles. The van der Waals surface area contributed by atoms with E-state index in [-0.39, 0.29) is 77.8 Å². The monoisotopic (exact) mass is 1010 g/mol. The fourth-order valence-corrected chi connectivity index (χ4v) is 10.3. The molecular weight excluding hydrogens is 946 g/mol. The number of hydrogen-bond donors (Lipinski definition) is 5. The zero-order chi connectivity index (χ0) is 51.3. The van der Waals surface area contributed by atoms with Gasteiger partial charge in [-0.15, -0.1) is 0 Å². The maximum Gasteiger partial charge on any atom is 0.328 e. The minimum atomic E-state index is -1.54. The number of nitrogens with one attached hydrogen (secondary N) is 1. The van der Waals surface area contributed by atoms with Crippen LogP contribution in [0.3, 0.4) is 0 Å². The van der Waals surface area contributed by atoms with Crippen molar-refractivity contribution in [3.63, 3.8) is 0 Å². The first-order chi connectivity index (χ1) is 33.7. The number of carbonyl (C=O) groups is 2. The predicted octanol–water partition coefficient (Wildman–Crippen LogP) is 3.76. The summed E-state index contributed by atoms with van der Waals surface area (Å²) in [7, 11) is 7.86. The lowest BCUT2D eigenvalue weighted by atomic mass is 9.88. The maximum absolute atomic E-state index is 13.9. The van der Waals surface area contributed by atoms with Gasteiger partial charge in [-0.25, -0.2) is 9.78 Å². The van der Waals surface area contributed by atoms with Gasteiger partial charge in [0.15, 0.2) is 46.7 Å². The topological polar surface area (TPSA) is 239 Å². The van der Waals surface area contributed by atoms with Crippen molar-refractivity contribution in [3.8, 4) is 40.6 Å². The van der Waals surface area contributed by atoms with Gasteiger partial charge in [0.25, 0.3) is 5.91 Å². The van der Waals surface area contributed by atoms with Crippen molar-refractivity contribution in [2.24, 2.45) is 0 Å². The summed E-state index contributed by atoms with van der Waals surface area (Å²) in [4.78, 5) is 33.5. The van der Waals surface area contributed by atoms with Crippen LogP contribution in [0.15, 0.2) is 53.6 Å². The molecule has 4 heterocycles. The zero-order valence-electron chi connectivity index (χ0n) is 41.3. The number of phenols is 1. The van der Waals surface area contributed by atoms with E-state index in [0.29, 0.717) is 33.4 Å². The number of ether oxygens (including phenoxy) is 10. The second-order valence-electron chi connectivity index (χ2n) is 19.1. The Morgan fingerprint density at radius 3 is 2.41 bits per heavy atom. The molecule has 71 heavy (non-hydrogen) atoms. The summed E-state index contributed by atoms with van der Waals surface area (Å²) in [6, 6.07) is 6.13. The van der Waals surface area contributed by atoms with E-state index in [9.17, 15) is 30.0 Å². The van der Waals surface area contributed by atoms with Crippen LogP contribution in [0, 0.1) is 11.8 Å². The van der Waals surface area contributed by atoms with Crippen molar-refractivity contribution in [3.05, 3.63) is 70.0 Å². The number of phenolic OH excluding ortho intramolecular Hbond substituents is 1. The van der Waals surface area contributed by atoms with Gasteiger partial charge >= 0.3 is 5.97 Å². The number of carbonyl (C=O) groups excluding carboxylic acids is 2. The van der Waals surface area contributed by atoms with Gasteiger partial charge in [-0.3, -0.25) is 4.79 Å². The third-order valence-electron chi connectivity index (χ3n) is 13.4. The van der Waals surface area contributed by atoms with Gasteiger partial charge in [0, 0.05) is 30.3 Å². The minimum Gasteiger partial charge on any atom is -0.507 e. The fraction of sp³-hybridized carbons (Fsp3) is 0.549. The molecule has 8 rings (SSSR count). The number of halogens is 1. The molecule has 1 spiro atoms. The van der Waals surface area contributed by atoms with Crippen LogP contribution in [-0.4, -0.2) is 169 Å². The van der Waals surface area contributed by atoms with Crippen LogP contribution in [0.1, 0.15) is 63.5 Å². The lowest BCUT2D eigenvalue weighted by Crippen LogP contribution is -2.57. The number of rotatable bonds is 17. The fourth-order valence-electron chi connectivity index (χ4n) is 10.0. The number of aliphatic hydroxyl groups excluding tert-OH is 2. The Hall–Kier alpha value is -5.24. The zero-order valence-corrected chi connectivity index (χ0v) is 42.0. The highest BCUT2D eigenvalue weighted by Crippen LogP contribution is 2.56. The lowest BCUT2D eigenvalue weighted by molar-refractivity contribution is -0.290. The number of aliphatic hydroxyl groups is 3. The number of amides is 1. The predicted molar refractivity (Wildman–Crippen MR) is 256 cm³/mol. The molecule has 5 aliphatic rings. The Balaban J connectivity index is 1.03. The molecule has 2 aliphatic carbocycles. The van der Waals surface area contributed by atoms with Crippen molar-refractivity contribution in [2.75, 3.05) is 42.0 Å². The molecule has 20 heteroatoms. The highest BCUT2D eigenvalue weighted by Gasteiger charge is 2.71. The first kappa shape index (κ1) is 52.1. The summed E-state index contributed by atoms with van der Waals surface area (Å²) in [5.74, 6) is 5.34. The van der Waals surface area contributed by atoms with Crippen LogP contribution in [0.2, 0.25) is 5.15 Å². The van der Waals surface area contributed by atoms with Crippen molar-refractivity contribution in [2.45, 2.75) is 139 Å². The van der Waals surface area contributed by atoms with Crippen LogP contribution in [-0.2, 0) is 39.6 Å². The van der Waals surface area contributed by atoms with Crippen LogP contribution in [0.5, 0.6) is 28.7 Å². The quantitative estimate of drug-likeness (QED) is 0.0560. The van der Waals surface area contributed by atoms with Crippen LogP contribution in [0.4, 0.5) is 0 Å². The second kappa shape index (κ2) is 20.7. The summed E-state index contributed by atoms with van der Waals surface area (Å²) in [5, 5.41) is 47.4. The molecule has 384 valence electrons. The maximum atomic E-state index is 13.9. The highest BCUT2D eigenvalue weighted by atomic mass is 35.5. The Morgan fingerprint density at radius 2 is 1.76 bits per heavy atom. The molecule has 13 atom stereocenters. The summed E-state index contributed by atoms with van der Waals surface area (Å²) in [5.41, 5.74) is -1.26. The number of allylic oxidation sites excluding steroid dienone is 1. The molecule has 3 aromatic rings. The highest BCUT2D eigenvalue weighted by molar-refractivity contribution is 6.30. The first-order valence-corrected chi connectivity index (χ1v) is 23.8. The molecule has 0 bridgehead atoms. The molecule has 1 aromatic heterocycles. The number of nitrogens with zero attached hydrogens (tertiary/aromatic N) is 2. The number of likely N-dealkylation sites (N-methyl/N-ethyl adjacent to an activating group) is 1. The summed E-state index contributed by atoms with van der Waals surface area (Å²) in [6.07, 6.45) is -3.77. The average Bonchev–Trinajstić information content (AvgIpc) is 3.98. The van der Waals surface area contributed by atoms with Crippen molar-refractivity contribution in [1.29, 1.82) is 0 Å². The van der Waals surface area contributed by atoms with E-state index in [1.807, 2.05) is 45.8 Å². The van der Waals surface area contributed by atoms with Gasteiger partial charge in [-0.05, 0) is 108 Å². The van der Waals surface area contributed by atoms with E-state index in [2.05, 4.69) is 22.1 Å². The van der Waals surface area contributed by atoms with Crippen molar-refractivity contribution < 1.29 is 77.4 Å². The van der Waals surface area contributed by atoms with Crippen LogP contribution < -0.4 is 24.3 Å². The van der Waals surface area contributed by atoms with Crippen molar-refractivity contribution >= 4 is 34.2 Å². The smallest absolute Gasteiger partial charge is 0.328 e. The molecule has 3 aliphatic heterocycles. The number of hydrogen-bond acceptors (Lipinski definition) is 18. The number of aromatic hydroxyl groups is 1. The second-order valence-corrected chi connectivity index (χ2v) is 19.5. The Bertz CT molecular complexity index is 2630. The minimum absolute atomic E-state index is 0.0411. The molecular formula is C51H62ClN3O16. The molecule has 5 N–H and O–H groups in total. The summed E-state index contributed by atoms with van der Waals surface area (Å²) < 4.78 is 60.5. The summed E-state index contributed by atoms with van der Waals surface area (Å²) in [6.45, 7) is 8.80. The number of pyridine rings is 1. The molecule has 1 amide bonds. The van der Waals surface area contributed by atoms with Gasteiger partial charge in [-0.1, -0.05) is 23.4 Å². The molecule has 0 saturated carbocycles. The average molecular weight is 1010 g/mol. The van der Waals surface area contributed by atoms with Gasteiger partial charge < -0.3 is 78.0 Å². The van der Waals surface area contributed by atoms with Crippen LogP contribution in [0.25, 0.3) is 10.8 Å². The van der Waals surface area contributed by atoms with E-state index < -0.39 is 78.3 Å². The Morgan fingerprint density at radius 1 is 1.03 bits per heavy atom. The molecule has 19 nitrogen and oxygen atoms in total. The number of esters is 1. The largest absolute Gasteiger partial charge is 0.507 e. The van der Waals surface area contributed by atoms with Gasteiger partial charge in [0.05, 0.1) is 69.6 Å². The third-order valence-corrected chi connectivity index (χ3v) is 13.7. The third kappa shape index (κ3) is 10.4. The number of fused-ring (bicyclic) bond motifs is 1. The van der Waals surface area contributed by atoms with E-state index >= 15 is 0 Å². The van der Waals surface area contributed by atoms with E-state index in [1.165, 1.54) is 40.4 Å². The normalized spacial score (nSPS) is 31.3. The molecule has 3 saturated heterocycles. The Labute approximate surface area is 416 Å². The van der Waals surface area contributed by atoms with E-state index in [0.717, 1.165) is 0 Å². The van der Waals surface area contributed by atoms with E-state index in [4.69, 9.17) is 59.0 Å². The SMILES string of the molecule is COC(=O)C(Cc1ccc(O[C@H]2C=C3C(CO[C@H]4C[C@H](O)[C@H](N(C)C)[C@H](C)O4)=CC#C[C@@H]4OC34[C@@H]2O[C@H]2C[C@@](C)(O)C(O)[C@H](C)O2)c(Cl)n1)NC(=O)c1cc2c(OC)c(OC)c(OC(C)C)cc2cc1O. The molecule has 3 fully saturated rings. The van der Waals surface area contributed by atoms with Gasteiger partial charge in [0.2, 0.25) is 5.75 Å². The Kier molecular flexibility index (Phi) is 15.2. The summed E-state index contributed by atoms with van der Waals surface area (Å²) >= 11 is 6.86. The number of aromatic nitrogens is 1. The number of methoxy groups -OCH3 is 3. The van der Waals surface area contributed by atoms with Gasteiger partial charge in [-0.2, -0.15) is 0 Å². The molecule has 3 unspecified atom stereocenters. The number of epoxide rings is 1. The standard InChI is InChI=1S/C51H62ClN3O16/c1-24(2)66-37-17-28-16-34(56)31(19-30(28)43(62-8)44(37)63-9)48(59)54-33(49(60)64-10)18-29-14-15-36(47(52)53-29)69-38-20-32-27(23-65-40-21-35(57)42(55(6)7)25(3)67-40)12-11-13-39-51(32,71-39)46(38)70-41-22-50(5,61)45(58)26(4)68-41/h12,14-17,19-20,24-26,33,35,38-42,45-46,56-58,61H,18,21-23H2,1-10H3,(H,54,59)/t25-,26-,33?,35-,38-,39-,40+,41-,42+,45?,46+,50+,51?/m0/s1. The van der Waals surface area contributed by atoms with Gasteiger partial charge in [0.1, 0.15) is 30.1 Å².